The van der Waals surface area contributed by atoms with Crippen LogP contribution in [0.3, 0.4) is 0 Å². The van der Waals surface area contributed by atoms with Crippen molar-refractivity contribution >= 4 is 16.5 Å². The van der Waals surface area contributed by atoms with E-state index in [-0.39, 0.29) is 5.82 Å². The number of hydrogen-bond donors (Lipinski definition) is 1. The van der Waals surface area contributed by atoms with Crippen molar-refractivity contribution in [3.05, 3.63) is 29.6 Å². The van der Waals surface area contributed by atoms with Crippen molar-refractivity contribution in [3.8, 4) is 0 Å². The smallest absolute Gasteiger partial charge is 0.125 e. The summed E-state index contributed by atoms with van der Waals surface area (Å²) in [6, 6.07) is 4.30. The second-order valence-electron chi connectivity index (χ2n) is 3.18. The van der Waals surface area contributed by atoms with Gasteiger partial charge in [-0.3, -0.25) is 4.21 Å². The van der Waals surface area contributed by atoms with Crippen LogP contribution in [0.1, 0.15) is 18.9 Å². The normalized spacial score (nSPS) is 12.7. The van der Waals surface area contributed by atoms with E-state index in [4.69, 9.17) is 5.73 Å². The number of rotatable bonds is 4. The van der Waals surface area contributed by atoms with Gasteiger partial charge in [-0.05, 0) is 30.2 Å². The topological polar surface area (TPSA) is 43.1 Å². The molecule has 1 rings (SSSR count). The molecule has 78 valence electrons. The first-order valence-electron chi connectivity index (χ1n) is 4.51. The van der Waals surface area contributed by atoms with Gasteiger partial charge in [-0.2, -0.15) is 0 Å². The van der Waals surface area contributed by atoms with Gasteiger partial charge in [0.05, 0.1) is 0 Å². The van der Waals surface area contributed by atoms with Gasteiger partial charge in [0.1, 0.15) is 5.82 Å². The van der Waals surface area contributed by atoms with Gasteiger partial charge in [-0.15, -0.1) is 0 Å². The van der Waals surface area contributed by atoms with Crippen LogP contribution in [0.4, 0.5) is 10.1 Å². The summed E-state index contributed by atoms with van der Waals surface area (Å²) in [5.74, 6) is 0.667. The molecule has 0 aliphatic rings. The van der Waals surface area contributed by atoms with Crippen molar-refractivity contribution < 1.29 is 8.60 Å². The van der Waals surface area contributed by atoms with Gasteiger partial charge >= 0.3 is 0 Å². The van der Waals surface area contributed by atoms with Crippen molar-refractivity contribution in [2.24, 2.45) is 0 Å². The summed E-state index contributed by atoms with van der Waals surface area (Å²) in [6.07, 6.45) is 0.872. The lowest BCUT2D eigenvalue weighted by Crippen LogP contribution is -2.01. The molecule has 14 heavy (non-hydrogen) atoms. The third-order valence-corrected chi connectivity index (χ3v) is 3.26. The molecular weight excluding hydrogens is 201 g/mol. The molecule has 0 amide bonds. The summed E-state index contributed by atoms with van der Waals surface area (Å²) in [5.41, 5.74) is 6.56. The summed E-state index contributed by atoms with van der Waals surface area (Å²) in [7, 11) is -0.910. The average Bonchev–Trinajstić information content (AvgIpc) is 2.01. The van der Waals surface area contributed by atoms with Gasteiger partial charge < -0.3 is 5.73 Å². The van der Waals surface area contributed by atoms with Crippen LogP contribution in [-0.4, -0.2) is 9.96 Å². The number of anilines is 1. The van der Waals surface area contributed by atoms with Crippen LogP contribution < -0.4 is 5.73 Å². The Morgan fingerprint density at radius 3 is 2.71 bits per heavy atom. The molecule has 0 aliphatic carbocycles. The first-order valence-corrected chi connectivity index (χ1v) is 6.00. The first-order chi connectivity index (χ1) is 6.61. The van der Waals surface area contributed by atoms with Crippen molar-refractivity contribution in [3.63, 3.8) is 0 Å². The van der Waals surface area contributed by atoms with E-state index < -0.39 is 10.8 Å². The lowest BCUT2D eigenvalue weighted by molar-refractivity contribution is 0.627. The van der Waals surface area contributed by atoms with E-state index in [1.807, 2.05) is 6.92 Å². The van der Waals surface area contributed by atoms with Crippen molar-refractivity contribution in [2.45, 2.75) is 19.1 Å². The highest BCUT2D eigenvalue weighted by Crippen LogP contribution is 2.12. The Labute approximate surface area is 85.8 Å². The van der Waals surface area contributed by atoms with Crippen LogP contribution in [0.2, 0.25) is 0 Å². The van der Waals surface area contributed by atoms with Crippen LogP contribution in [0, 0.1) is 5.82 Å². The SMILES string of the molecule is CCCS(=O)Cc1cc(N)cc(F)c1. The number of halogens is 1. The quantitative estimate of drug-likeness (QED) is 0.781. The Morgan fingerprint density at radius 2 is 2.14 bits per heavy atom. The van der Waals surface area contributed by atoms with Crippen LogP contribution in [0.15, 0.2) is 18.2 Å². The maximum absolute atomic E-state index is 12.9. The standard InChI is InChI=1S/C10H14FNOS/c1-2-3-14(13)7-8-4-9(11)6-10(12)5-8/h4-6H,2-3,7,12H2,1H3. The lowest BCUT2D eigenvalue weighted by atomic mass is 10.2. The van der Waals surface area contributed by atoms with E-state index in [2.05, 4.69) is 0 Å². The maximum Gasteiger partial charge on any atom is 0.125 e. The summed E-state index contributed by atoms with van der Waals surface area (Å²) in [4.78, 5) is 0. The summed E-state index contributed by atoms with van der Waals surface area (Å²) < 4.78 is 24.3. The summed E-state index contributed by atoms with van der Waals surface area (Å²) in [6.45, 7) is 1.97. The maximum atomic E-state index is 12.9. The molecule has 0 heterocycles. The Hall–Kier alpha value is -0.900. The Bertz CT molecular complexity index is 321. The van der Waals surface area contributed by atoms with E-state index in [0.29, 0.717) is 22.8 Å². The van der Waals surface area contributed by atoms with Crippen LogP contribution >= 0.6 is 0 Å². The van der Waals surface area contributed by atoms with E-state index >= 15 is 0 Å². The largest absolute Gasteiger partial charge is 0.399 e. The van der Waals surface area contributed by atoms with E-state index in [1.54, 1.807) is 6.07 Å². The highest BCUT2D eigenvalue weighted by Gasteiger charge is 2.03. The van der Waals surface area contributed by atoms with Crippen molar-refractivity contribution in [2.75, 3.05) is 11.5 Å². The molecule has 1 aromatic rings. The Morgan fingerprint density at radius 1 is 1.43 bits per heavy atom. The van der Waals surface area contributed by atoms with Gasteiger partial charge in [0.15, 0.2) is 0 Å². The number of nitrogen functional groups attached to an aromatic ring is 1. The number of nitrogens with two attached hydrogens (primary N) is 1. The fraction of sp³-hybridized carbons (Fsp3) is 0.400. The average molecular weight is 215 g/mol. The minimum atomic E-state index is -0.910. The molecule has 1 unspecified atom stereocenters. The van der Waals surface area contributed by atoms with E-state index in [0.717, 1.165) is 6.42 Å². The third kappa shape index (κ3) is 3.46. The summed E-state index contributed by atoms with van der Waals surface area (Å²) >= 11 is 0. The predicted octanol–water partition coefficient (Wildman–Crippen LogP) is 2.07. The molecule has 0 saturated heterocycles. The molecule has 0 radical (unpaired) electrons. The first kappa shape index (κ1) is 11.2. The molecule has 0 fully saturated rings. The van der Waals surface area contributed by atoms with Crippen LogP contribution in [0.5, 0.6) is 0 Å². The van der Waals surface area contributed by atoms with E-state index in [1.165, 1.54) is 12.1 Å². The number of benzene rings is 1. The van der Waals surface area contributed by atoms with E-state index in [9.17, 15) is 8.60 Å². The minimum Gasteiger partial charge on any atom is -0.399 e. The minimum absolute atomic E-state index is 0.367. The van der Waals surface area contributed by atoms with Gasteiger partial charge in [0, 0.05) is 28.0 Å². The fourth-order valence-electron chi connectivity index (χ4n) is 1.24. The van der Waals surface area contributed by atoms with Crippen molar-refractivity contribution in [1.29, 1.82) is 0 Å². The van der Waals surface area contributed by atoms with Gasteiger partial charge in [-0.25, -0.2) is 4.39 Å². The third-order valence-electron chi connectivity index (χ3n) is 1.74. The second-order valence-corrected chi connectivity index (χ2v) is 4.76. The molecule has 0 bridgehead atoms. The molecule has 0 saturated carbocycles. The molecule has 0 aliphatic heterocycles. The second kappa shape index (κ2) is 5.10. The monoisotopic (exact) mass is 215 g/mol. The molecule has 2 N–H and O–H groups in total. The Kier molecular flexibility index (Phi) is 4.07. The molecule has 1 aromatic carbocycles. The molecule has 0 spiro atoms. The molecular formula is C10H14FNOS. The number of hydrogen-bond acceptors (Lipinski definition) is 2. The zero-order valence-electron chi connectivity index (χ0n) is 8.13. The Balaban J connectivity index is 2.71. The van der Waals surface area contributed by atoms with Gasteiger partial charge in [-0.1, -0.05) is 6.92 Å². The summed E-state index contributed by atoms with van der Waals surface area (Å²) in [5, 5.41) is 0. The van der Waals surface area contributed by atoms with Gasteiger partial charge in [0.25, 0.3) is 0 Å². The lowest BCUT2D eigenvalue weighted by Gasteiger charge is -2.02. The fourth-order valence-corrected chi connectivity index (χ4v) is 2.38. The highest BCUT2D eigenvalue weighted by molar-refractivity contribution is 7.84. The van der Waals surface area contributed by atoms with Crippen LogP contribution in [0.25, 0.3) is 0 Å². The van der Waals surface area contributed by atoms with Crippen LogP contribution in [-0.2, 0) is 16.6 Å². The van der Waals surface area contributed by atoms with Crippen molar-refractivity contribution in [1.82, 2.24) is 0 Å². The zero-order valence-corrected chi connectivity index (χ0v) is 8.94. The molecule has 2 nitrogen and oxygen atoms in total. The van der Waals surface area contributed by atoms with Gasteiger partial charge in [0.2, 0.25) is 0 Å². The zero-order chi connectivity index (χ0) is 10.6. The predicted molar refractivity (Wildman–Crippen MR) is 57.8 cm³/mol. The highest BCUT2D eigenvalue weighted by atomic mass is 32.2. The molecule has 0 aromatic heterocycles. The molecule has 4 heteroatoms. The molecule has 1 atom stereocenters.